The first kappa shape index (κ1) is 18.8. The standard InChI is InChI=1S/C12H27N3O4S2/c1-11(2)13-6-5-7-14(4)21(18,19)15-8-9-20(16,17)10-12(15)3/h11-13H,5-10H2,1-4H3. The van der Waals surface area contributed by atoms with Crippen molar-refractivity contribution in [2.75, 3.05) is 38.2 Å². The summed E-state index contributed by atoms with van der Waals surface area (Å²) in [7, 11) is -5.16. The third kappa shape index (κ3) is 5.48. The molecule has 0 amide bonds. The number of rotatable bonds is 7. The normalized spacial score (nSPS) is 23.8. The second-order valence-corrected chi connectivity index (χ2v) is 10.1. The van der Waals surface area contributed by atoms with Crippen LogP contribution in [0.2, 0.25) is 0 Å². The lowest BCUT2D eigenvalue weighted by Gasteiger charge is -2.34. The van der Waals surface area contributed by atoms with Crippen LogP contribution in [0.4, 0.5) is 0 Å². The molecule has 21 heavy (non-hydrogen) atoms. The Kier molecular flexibility index (Phi) is 6.60. The fraction of sp³-hybridized carbons (Fsp3) is 1.00. The van der Waals surface area contributed by atoms with Crippen molar-refractivity contribution in [1.29, 1.82) is 0 Å². The Bertz CT molecular complexity index is 531. The first-order valence-corrected chi connectivity index (χ1v) is 10.4. The molecule has 0 aromatic heterocycles. The van der Waals surface area contributed by atoms with Crippen molar-refractivity contribution in [3.05, 3.63) is 0 Å². The highest BCUT2D eigenvalue weighted by Crippen LogP contribution is 2.18. The van der Waals surface area contributed by atoms with Gasteiger partial charge in [-0.25, -0.2) is 8.42 Å². The summed E-state index contributed by atoms with van der Waals surface area (Å²) >= 11 is 0. The second kappa shape index (κ2) is 7.36. The number of sulfone groups is 1. The molecule has 0 saturated carbocycles. The Labute approximate surface area is 128 Å². The zero-order valence-corrected chi connectivity index (χ0v) is 14.9. The van der Waals surface area contributed by atoms with E-state index in [-0.39, 0.29) is 18.1 Å². The molecule has 0 spiro atoms. The van der Waals surface area contributed by atoms with E-state index in [4.69, 9.17) is 0 Å². The lowest BCUT2D eigenvalue weighted by atomic mass is 10.3. The highest BCUT2D eigenvalue weighted by Gasteiger charge is 2.37. The predicted molar refractivity (Wildman–Crippen MR) is 84.1 cm³/mol. The minimum absolute atomic E-state index is 0.0421. The van der Waals surface area contributed by atoms with E-state index in [2.05, 4.69) is 5.32 Å². The van der Waals surface area contributed by atoms with Crippen LogP contribution in [-0.2, 0) is 20.0 Å². The van der Waals surface area contributed by atoms with E-state index >= 15 is 0 Å². The monoisotopic (exact) mass is 341 g/mol. The summed E-state index contributed by atoms with van der Waals surface area (Å²) in [6, 6.07) is -0.135. The zero-order valence-electron chi connectivity index (χ0n) is 13.2. The van der Waals surface area contributed by atoms with Gasteiger partial charge in [0.05, 0.1) is 11.5 Å². The van der Waals surface area contributed by atoms with Crippen molar-refractivity contribution < 1.29 is 16.8 Å². The summed E-state index contributed by atoms with van der Waals surface area (Å²) in [6.45, 7) is 6.93. The van der Waals surface area contributed by atoms with Gasteiger partial charge in [-0.05, 0) is 19.9 Å². The maximum absolute atomic E-state index is 12.5. The third-order valence-corrected chi connectivity index (χ3v) is 7.40. The van der Waals surface area contributed by atoms with E-state index in [1.807, 2.05) is 13.8 Å². The van der Waals surface area contributed by atoms with Gasteiger partial charge in [0.15, 0.2) is 9.84 Å². The van der Waals surface area contributed by atoms with Gasteiger partial charge in [0.2, 0.25) is 0 Å². The van der Waals surface area contributed by atoms with E-state index < -0.39 is 26.1 Å². The summed E-state index contributed by atoms with van der Waals surface area (Å²) in [5, 5.41) is 3.24. The number of hydrogen-bond donors (Lipinski definition) is 1. The summed E-state index contributed by atoms with van der Waals surface area (Å²) in [5.41, 5.74) is 0. The molecule has 0 bridgehead atoms. The maximum Gasteiger partial charge on any atom is 0.282 e. The smallest absolute Gasteiger partial charge is 0.282 e. The molecule has 1 unspecified atom stereocenters. The van der Waals surface area contributed by atoms with Gasteiger partial charge in [-0.1, -0.05) is 13.8 Å². The van der Waals surface area contributed by atoms with Gasteiger partial charge >= 0.3 is 0 Å². The molecule has 1 fully saturated rings. The molecule has 0 radical (unpaired) electrons. The Balaban J connectivity index is 2.59. The lowest BCUT2D eigenvalue weighted by molar-refractivity contribution is 0.319. The van der Waals surface area contributed by atoms with Crippen molar-refractivity contribution in [3.63, 3.8) is 0 Å². The molecule has 1 aliphatic heterocycles. The highest BCUT2D eigenvalue weighted by molar-refractivity contribution is 7.91. The first-order valence-electron chi connectivity index (χ1n) is 7.23. The molecular weight excluding hydrogens is 314 g/mol. The van der Waals surface area contributed by atoms with E-state index in [0.29, 0.717) is 19.0 Å². The van der Waals surface area contributed by atoms with Gasteiger partial charge in [0.1, 0.15) is 0 Å². The largest absolute Gasteiger partial charge is 0.314 e. The predicted octanol–water partition coefficient (Wildman–Crippen LogP) is -0.330. The van der Waals surface area contributed by atoms with Gasteiger partial charge in [-0.15, -0.1) is 0 Å². The molecule has 1 N–H and O–H groups in total. The van der Waals surface area contributed by atoms with E-state index in [1.165, 1.54) is 8.61 Å². The van der Waals surface area contributed by atoms with E-state index in [9.17, 15) is 16.8 Å². The van der Waals surface area contributed by atoms with Crippen molar-refractivity contribution >= 4 is 20.0 Å². The Morgan fingerprint density at radius 2 is 2.00 bits per heavy atom. The first-order chi connectivity index (χ1) is 9.56. The van der Waals surface area contributed by atoms with Gasteiger partial charge in [0, 0.05) is 32.2 Å². The minimum atomic E-state index is -3.59. The molecule has 1 atom stereocenters. The van der Waals surface area contributed by atoms with Crippen LogP contribution in [0.25, 0.3) is 0 Å². The van der Waals surface area contributed by atoms with Crippen molar-refractivity contribution in [3.8, 4) is 0 Å². The lowest BCUT2D eigenvalue weighted by Crippen LogP contribution is -2.53. The van der Waals surface area contributed by atoms with Crippen LogP contribution in [0.15, 0.2) is 0 Å². The van der Waals surface area contributed by atoms with Crippen molar-refractivity contribution in [2.24, 2.45) is 0 Å². The highest BCUT2D eigenvalue weighted by atomic mass is 32.2. The van der Waals surface area contributed by atoms with Gasteiger partial charge in [-0.3, -0.25) is 0 Å². The van der Waals surface area contributed by atoms with Crippen molar-refractivity contribution in [2.45, 2.75) is 39.3 Å². The average Bonchev–Trinajstić information content (AvgIpc) is 2.32. The second-order valence-electron chi connectivity index (χ2n) is 5.87. The fourth-order valence-corrected chi connectivity index (χ4v) is 5.65. The van der Waals surface area contributed by atoms with Crippen LogP contribution < -0.4 is 5.32 Å². The maximum atomic E-state index is 12.5. The Morgan fingerprint density at radius 1 is 1.38 bits per heavy atom. The molecule has 1 rings (SSSR count). The quantitative estimate of drug-likeness (QED) is 0.641. The molecule has 9 heteroatoms. The average molecular weight is 341 g/mol. The molecular formula is C12H27N3O4S2. The summed E-state index contributed by atoms with van der Waals surface area (Å²) in [5.74, 6) is -0.200. The molecule has 0 aromatic carbocycles. The van der Waals surface area contributed by atoms with Crippen LogP contribution in [0.3, 0.4) is 0 Å². The summed E-state index contributed by atoms with van der Waals surface area (Å²) < 4.78 is 50.6. The molecule has 1 saturated heterocycles. The van der Waals surface area contributed by atoms with Gasteiger partial charge < -0.3 is 5.32 Å². The SMILES string of the molecule is CC(C)NCCCN(C)S(=O)(=O)N1CCS(=O)(=O)CC1C. The molecule has 0 aromatic rings. The van der Waals surface area contributed by atoms with Crippen molar-refractivity contribution in [1.82, 2.24) is 13.9 Å². The van der Waals surface area contributed by atoms with Crippen LogP contribution in [0.1, 0.15) is 27.2 Å². The number of hydrogen-bond acceptors (Lipinski definition) is 5. The molecule has 1 aliphatic rings. The van der Waals surface area contributed by atoms with E-state index in [0.717, 1.165) is 6.54 Å². The summed E-state index contributed by atoms with van der Waals surface area (Å²) in [4.78, 5) is 0. The fourth-order valence-electron chi connectivity index (χ4n) is 2.31. The number of nitrogens with one attached hydrogen (secondary N) is 1. The minimum Gasteiger partial charge on any atom is -0.314 e. The molecule has 7 nitrogen and oxygen atoms in total. The van der Waals surface area contributed by atoms with Gasteiger partial charge in [-0.2, -0.15) is 17.0 Å². The topological polar surface area (TPSA) is 86.8 Å². The van der Waals surface area contributed by atoms with Crippen LogP contribution >= 0.6 is 0 Å². The third-order valence-electron chi connectivity index (χ3n) is 3.50. The zero-order chi connectivity index (χ0) is 16.3. The number of nitrogens with zero attached hydrogens (tertiary/aromatic N) is 2. The molecule has 1 heterocycles. The molecule has 126 valence electrons. The Hall–Kier alpha value is -0.220. The summed E-state index contributed by atoms with van der Waals surface area (Å²) in [6.07, 6.45) is 0.717. The van der Waals surface area contributed by atoms with Crippen LogP contribution in [0.5, 0.6) is 0 Å². The molecule has 0 aliphatic carbocycles. The van der Waals surface area contributed by atoms with Gasteiger partial charge in [0.25, 0.3) is 10.2 Å². The van der Waals surface area contributed by atoms with Crippen LogP contribution in [0, 0.1) is 0 Å². The van der Waals surface area contributed by atoms with E-state index in [1.54, 1.807) is 14.0 Å². The van der Waals surface area contributed by atoms with Crippen LogP contribution in [-0.4, -0.2) is 75.7 Å². The Morgan fingerprint density at radius 3 is 2.52 bits per heavy atom.